The normalized spacial score (nSPS) is 20.8. The fourth-order valence-electron chi connectivity index (χ4n) is 2.81. The first-order chi connectivity index (χ1) is 8.72. The summed E-state index contributed by atoms with van der Waals surface area (Å²) in [7, 11) is 0. The van der Waals surface area contributed by atoms with Crippen LogP contribution in [0.15, 0.2) is 6.33 Å². The van der Waals surface area contributed by atoms with E-state index < -0.39 is 0 Å². The van der Waals surface area contributed by atoms with Gasteiger partial charge in [-0.2, -0.15) is 0 Å². The van der Waals surface area contributed by atoms with E-state index >= 15 is 0 Å². The first-order valence-corrected chi connectivity index (χ1v) is 7.32. The molecular weight excluding hydrogens is 246 g/mol. The van der Waals surface area contributed by atoms with Gasteiger partial charge in [0.1, 0.15) is 17.3 Å². The number of halogens is 1. The second-order valence-electron chi connectivity index (χ2n) is 5.19. The Kier molecular flexibility index (Phi) is 4.81. The molecule has 1 fully saturated rings. The monoisotopic (exact) mass is 267 g/mol. The van der Waals surface area contributed by atoms with Gasteiger partial charge in [-0.3, -0.25) is 0 Å². The molecule has 1 aliphatic rings. The Balaban J connectivity index is 2.07. The van der Waals surface area contributed by atoms with E-state index in [1.54, 1.807) is 6.33 Å². The Morgan fingerprint density at radius 2 is 2.17 bits per heavy atom. The van der Waals surface area contributed by atoms with E-state index in [2.05, 4.69) is 21.8 Å². The van der Waals surface area contributed by atoms with Crippen LogP contribution in [0.2, 0.25) is 5.15 Å². The van der Waals surface area contributed by atoms with E-state index in [9.17, 15) is 0 Å². The Morgan fingerprint density at radius 1 is 1.33 bits per heavy atom. The fourth-order valence-corrected chi connectivity index (χ4v) is 2.94. The van der Waals surface area contributed by atoms with E-state index in [4.69, 9.17) is 11.6 Å². The van der Waals surface area contributed by atoms with Crippen molar-refractivity contribution in [3.8, 4) is 0 Å². The van der Waals surface area contributed by atoms with Gasteiger partial charge in [0, 0.05) is 18.7 Å². The molecule has 1 aromatic heterocycles. The topological polar surface area (TPSA) is 29.0 Å². The molecule has 1 unspecified atom stereocenters. The van der Waals surface area contributed by atoms with E-state index in [0.717, 1.165) is 30.4 Å². The van der Waals surface area contributed by atoms with E-state index in [1.807, 2.05) is 6.92 Å². The van der Waals surface area contributed by atoms with Crippen molar-refractivity contribution in [2.24, 2.45) is 5.92 Å². The minimum Gasteiger partial charge on any atom is -0.356 e. The average Bonchev–Trinajstić information content (AvgIpc) is 2.59. The molecular formula is C14H22ClN3. The molecule has 1 aromatic rings. The van der Waals surface area contributed by atoms with Crippen LogP contribution >= 0.6 is 11.6 Å². The predicted molar refractivity (Wildman–Crippen MR) is 76.2 cm³/mol. The summed E-state index contributed by atoms with van der Waals surface area (Å²) in [5.41, 5.74) is 1.01. The zero-order valence-electron chi connectivity index (χ0n) is 11.3. The molecule has 0 spiro atoms. The highest BCUT2D eigenvalue weighted by Gasteiger charge is 2.19. The molecule has 0 radical (unpaired) electrons. The Labute approximate surface area is 115 Å². The number of rotatable bonds is 3. The summed E-state index contributed by atoms with van der Waals surface area (Å²) in [5.74, 6) is 1.91. The number of nitrogens with zero attached hydrogens (tertiary/aromatic N) is 3. The van der Waals surface area contributed by atoms with Gasteiger partial charge in [0.15, 0.2) is 0 Å². The quantitative estimate of drug-likeness (QED) is 0.779. The second-order valence-corrected chi connectivity index (χ2v) is 5.54. The third-order valence-corrected chi connectivity index (χ3v) is 4.22. The number of anilines is 1. The van der Waals surface area contributed by atoms with Crippen molar-refractivity contribution in [2.45, 2.75) is 46.0 Å². The second kappa shape index (κ2) is 6.37. The van der Waals surface area contributed by atoms with Crippen molar-refractivity contribution in [3.05, 3.63) is 17.0 Å². The summed E-state index contributed by atoms with van der Waals surface area (Å²) < 4.78 is 0. The molecule has 4 heteroatoms. The molecule has 0 saturated carbocycles. The van der Waals surface area contributed by atoms with Crippen molar-refractivity contribution in [1.29, 1.82) is 0 Å². The van der Waals surface area contributed by atoms with Crippen LogP contribution < -0.4 is 4.90 Å². The van der Waals surface area contributed by atoms with Crippen molar-refractivity contribution in [1.82, 2.24) is 9.97 Å². The summed E-state index contributed by atoms with van der Waals surface area (Å²) in [4.78, 5) is 10.8. The Morgan fingerprint density at radius 3 is 2.94 bits per heavy atom. The van der Waals surface area contributed by atoms with E-state index in [0.29, 0.717) is 5.15 Å². The maximum Gasteiger partial charge on any atom is 0.137 e. The molecule has 1 saturated heterocycles. The van der Waals surface area contributed by atoms with Crippen LogP contribution in [-0.2, 0) is 0 Å². The molecule has 0 N–H and O–H groups in total. The van der Waals surface area contributed by atoms with Crippen LogP contribution in [0.1, 0.15) is 44.6 Å². The minimum atomic E-state index is 0.578. The molecule has 0 aromatic carbocycles. The lowest BCUT2D eigenvalue weighted by Gasteiger charge is -2.23. The largest absolute Gasteiger partial charge is 0.356 e. The SMILES string of the molecule is CCCC1CCCN(c2ncnc(Cl)c2C)CC1. The van der Waals surface area contributed by atoms with Crippen LogP contribution in [0, 0.1) is 12.8 Å². The third kappa shape index (κ3) is 3.14. The third-order valence-electron chi connectivity index (χ3n) is 3.84. The van der Waals surface area contributed by atoms with Gasteiger partial charge in [0.05, 0.1) is 0 Å². The molecule has 18 heavy (non-hydrogen) atoms. The predicted octanol–water partition coefficient (Wildman–Crippen LogP) is 3.85. The number of hydrogen-bond acceptors (Lipinski definition) is 3. The van der Waals surface area contributed by atoms with Crippen molar-refractivity contribution in [3.63, 3.8) is 0 Å². The number of hydrogen-bond donors (Lipinski definition) is 0. The lowest BCUT2D eigenvalue weighted by Crippen LogP contribution is -2.26. The Hall–Kier alpha value is -0.830. The fraction of sp³-hybridized carbons (Fsp3) is 0.714. The van der Waals surface area contributed by atoms with Gasteiger partial charge < -0.3 is 4.90 Å². The van der Waals surface area contributed by atoms with Crippen LogP contribution in [0.3, 0.4) is 0 Å². The highest BCUT2D eigenvalue weighted by molar-refractivity contribution is 6.30. The van der Waals surface area contributed by atoms with Gasteiger partial charge in [-0.15, -0.1) is 0 Å². The van der Waals surface area contributed by atoms with Gasteiger partial charge in [-0.25, -0.2) is 9.97 Å². The molecule has 3 nitrogen and oxygen atoms in total. The summed E-state index contributed by atoms with van der Waals surface area (Å²) in [6.07, 6.45) is 8.10. The maximum absolute atomic E-state index is 6.07. The molecule has 2 rings (SSSR count). The van der Waals surface area contributed by atoms with E-state index in [1.165, 1.54) is 32.1 Å². The summed E-state index contributed by atoms with van der Waals surface area (Å²) >= 11 is 6.07. The average molecular weight is 268 g/mol. The van der Waals surface area contributed by atoms with Gasteiger partial charge in [-0.05, 0) is 32.1 Å². The van der Waals surface area contributed by atoms with Crippen molar-refractivity contribution < 1.29 is 0 Å². The minimum absolute atomic E-state index is 0.578. The van der Waals surface area contributed by atoms with Crippen molar-refractivity contribution >= 4 is 17.4 Å². The molecule has 0 amide bonds. The van der Waals surface area contributed by atoms with Gasteiger partial charge >= 0.3 is 0 Å². The molecule has 0 aliphatic carbocycles. The number of aromatic nitrogens is 2. The summed E-state index contributed by atoms with van der Waals surface area (Å²) in [6.45, 7) is 6.47. The van der Waals surface area contributed by atoms with Crippen LogP contribution in [-0.4, -0.2) is 23.1 Å². The lowest BCUT2D eigenvalue weighted by atomic mass is 9.96. The standard InChI is InChI=1S/C14H22ClN3/c1-3-5-12-6-4-8-18(9-7-12)14-11(2)13(15)16-10-17-14/h10,12H,3-9H2,1-2H3. The van der Waals surface area contributed by atoms with Crippen LogP contribution in [0.25, 0.3) is 0 Å². The van der Waals surface area contributed by atoms with Gasteiger partial charge in [-0.1, -0.05) is 31.4 Å². The highest BCUT2D eigenvalue weighted by atomic mass is 35.5. The van der Waals surface area contributed by atoms with Crippen LogP contribution in [0.4, 0.5) is 5.82 Å². The zero-order chi connectivity index (χ0) is 13.0. The molecule has 100 valence electrons. The smallest absolute Gasteiger partial charge is 0.137 e. The molecule has 1 atom stereocenters. The van der Waals surface area contributed by atoms with Gasteiger partial charge in [0.25, 0.3) is 0 Å². The molecule has 2 heterocycles. The first kappa shape index (κ1) is 13.6. The maximum atomic E-state index is 6.07. The molecule has 0 bridgehead atoms. The summed E-state index contributed by atoms with van der Waals surface area (Å²) in [5, 5.41) is 0.578. The van der Waals surface area contributed by atoms with E-state index in [-0.39, 0.29) is 0 Å². The zero-order valence-corrected chi connectivity index (χ0v) is 12.1. The Bertz CT molecular complexity index is 395. The van der Waals surface area contributed by atoms with Crippen molar-refractivity contribution in [2.75, 3.05) is 18.0 Å². The highest BCUT2D eigenvalue weighted by Crippen LogP contribution is 2.27. The first-order valence-electron chi connectivity index (χ1n) is 6.94. The van der Waals surface area contributed by atoms with Gasteiger partial charge in [0.2, 0.25) is 0 Å². The van der Waals surface area contributed by atoms with Crippen LogP contribution in [0.5, 0.6) is 0 Å². The summed E-state index contributed by atoms with van der Waals surface area (Å²) in [6, 6.07) is 0. The molecule has 1 aliphatic heterocycles. The lowest BCUT2D eigenvalue weighted by molar-refractivity contribution is 0.435.